The van der Waals surface area contributed by atoms with Gasteiger partial charge in [0.2, 0.25) is 5.95 Å². The Labute approximate surface area is 233 Å². The summed E-state index contributed by atoms with van der Waals surface area (Å²) in [5.74, 6) is 3.02. The first-order valence-corrected chi connectivity index (χ1v) is 13.7. The summed E-state index contributed by atoms with van der Waals surface area (Å²) in [6, 6.07) is 19.5. The van der Waals surface area contributed by atoms with Crippen LogP contribution in [0.25, 0.3) is 22.2 Å². The van der Waals surface area contributed by atoms with E-state index in [0.29, 0.717) is 32.1 Å². The molecule has 0 radical (unpaired) electrons. The minimum Gasteiger partial charge on any atom is -0.491 e. The number of nitrogens with zero attached hydrogens (tertiary/aromatic N) is 4. The molecule has 1 aliphatic rings. The van der Waals surface area contributed by atoms with E-state index in [0.717, 1.165) is 61.9 Å². The Balaban J connectivity index is 1.38. The quantitative estimate of drug-likeness (QED) is 0.255. The molecule has 5 aromatic rings. The molecule has 40 heavy (non-hydrogen) atoms. The van der Waals surface area contributed by atoms with Crippen LogP contribution in [-0.4, -0.2) is 39.1 Å². The topological polar surface area (TPSA) is 79.0 Å². The van der Waals surface area contributed by atoms with Crippen molar-refractivity contribution in [2.45, 2.75) is 46.7 Å². The fourth-order valence-electron chi connectivity index (χ4n) is 5.25. The molecule has 0 unspecified atom stereocenters. The van der Waals surface area contributed by atoms with Crippen LogP contribution in [0.4, 0.5) is 16.2 Å². The van der Waals surface area contributed by atoms with Gasteiger partial charge in [-0.3, -0.25) is 0 Å². The van der Waals surface area contributed by atoms with Crippen molar-refractivity contribution in [2.75, 3.05) is 23.4 Å². The SMILES string of the molecule is Cc1nc2ccc(-c3ccc4c(c3)CN(c3nc(NC(C)C)nc(C)c3Cc3ccc(F)cc3)CCO4)cc2[nH]1. The van der Waals surface area contributed by atoms with E-state index in [-0.39, 0.29) is 11.9 Å². The number of fused-ring (bicyclic) bond motifs is 2. The molecule has 0 spiro atoms. The molecule has 2 N–H and O–H groups in total. The maximum Gasteiger partial charge on any atom is 0.225 e. The van der Waals surface area contributed by atoms with Gasteiger partial charge in [0, 0.05) is 35.8 Å². The Morgan fingerprint density at radius 2 is 1.75 bits per heavy atom. The van der Waals surface area contributed by atoms with Crippen LogP contribution in [0.2, 0.25) is 0 Å². The minimum absolute atomic E-state index is 0.196. The molecule has 204 valence electrons. The normalized spacial score (nSPS) is 13.3. The van der Waals surface area contributed by atoms with Crippen molar-refractivity contribution < 1.29 is 9.13 Å². The van der Waals surface area contributed by atoms with Crippen LogP contribution in [0.5, 0.6) is 5.75 Å². The van der Waals surface area contributed by atoms with Gasteiger partial charge in [-0.05, 0) is 80.8 Å². The number of rotatable bonds is 6. The second-order valence-electron chi connectivity index (χ2n) is 10.7. The number of nitrogens with one attached hydrogen (secondary N) is 2. The minimum atomic E-state index is -0.243. The maximum absolute atomic E-state index is 13.6. The molecule has 2 aromatic heterocycles. The number of hydrogen-bond donors (Lipinski definition) is 2. The number of imidazole rings is 1. The van der Waals surface area contributed by atoms with Crippen LogP contribution in [0.15, 0.2) is 60.7 Å². The largest absolute Gasteiger partial charge is 0.491 e. The van der Waals surface area contributed by atoms with E-state index in [2.05, 4.69) is 70.4 Å². The van der Waals surface area contributed by atoms with E-state index < -0.39 is 0 Å². The molecule has 8 heteroatoms. The second-order valence-corrected chi connectivity index (χ2v) is 10.7. The fraction of sp³-hybridized carbons (Fsp3) is 0.281. The van der Waals surface area contributed by atoms with Gasteiger partial charge < -0.3 is 19.9 Å². The molecular formula is C32H33FN6O. The van der Waals surface area contributed by atoms with Crippen LogP contribution in [0.3, 0.4) is 0 Å². The van der Waals surface area contributed by atoms with Gasteiger partial charge in [0.25, 0.3) is 0 Å². The first-order chi connectivity index (χ1) is 19.3. The van der Waals surface area contributed by atoms with Crippen LogP contribution in [0, 0.1) is 19.7 Å². The van der Waals surface area contributed by atoms with Crippen LogP contribution in [-0.2, 0) is 13.0 Å². The number of H-pyrrole nitrogens is 1. The van der Waals surface area contributed by atoms with Crippen molar-refractivity contribution in [2.24, 2.45) is 0 Å². The number of aromatic amines is 1. The Hall–Kier alpha value is -4.46. The van der Waals surface area contributed by atoms with E-state index in [9.17, 15) is 4.39 Å². The molecule has 0 fully saturated rings. The molecule has 0 atom stereocenters. The second kappa shape index (κ2) is 10.6. The summed E-state index contributed by atoms with van der Waals surface area (Å²) in [7, 11) is 0. The molecule has 0 aliphatic carbocycles. The number of aromatic nitrogens is 4. The smallest absolute Gasteiger partial charge is 0.225 e. The third-order valence-corrected chi connectivity index (χ3v) is 7.18. The van der Waals surface area contributed by atoms with E-state index in [1.54, 1.807) is 0 Å². The highest BCUT2D eigenvalue weighted by atomic mass is 19.1. The van der Waals surface area contributed by atoms with Gasteiger partial charge in [-0.25, -0.2) is 14.4 Å². The molecular weight excluding hydrogens is 503 g/mol. The number of aryl methyl sites for hydroxylation is 2. The number of ether oxygens (including phenoxy) is 1. The Kier molecular flexibility index (Phi) is 6.84. The Bertz CT molecular complexity index is 1680. The summed E-state index contributed by atoms with van der Waals surface area (Å²) in [5.41, 5.74) is 8.26. The van der Waals surface area contributed by atoms with Crippen molar-refractivity contribution in [3.8, 4) is 16.9 Å². The maximum atomic E-state index is 13.6. The van der Waals surface area contributed by atoms with Crippen molar-refractivity contribution >= 4 is 22.8 Å². The number of benzene rings is 3. The van der Waals surface area contributed by atoms with Crippen molar-refractivity contribution in [3.63, 3.8) is 0 Å². The third-order valence-electron chi connectivity index (χ3n) is 7.18. The predicted octanol–water partition coefficient (Wildman–Crippen LogP) is 6.59. The molecule has 0 saturated heterocycles. The van der Waals surface area contributed by atoms with E-state index >= 15 is 0 Å². The Morgan fingerprint density at radius 1 is 0.975 bits per heavy atom. The molecule has 0 amide bonds. The molecule has 0 saturated carbocycles. The van der Waals surface area contributed by atoms with Gasteiger partial charge in [-0.2, -0.15) is 4.98 Å². The van der Waals surface area contributed by atoms with Gasteiger partial charge in [0.1, 0.15) is 29.8 Å². The number of anilines is 2. The van der Waals surface area contributed by atoms with Crippen molar-refractivity contribution in [1.82, 2.24) is 19.9 Å². The highest BCUT2D eigenvalue weighted by Crippen LogP contribution is 2.34. The number of hydrogen-bond acceptors (Lipinski definition) is 6. The van der Waals surface area contributed by atoms with Gasteiger partial charge in [-0.15, -0.1) is 0 Å². The van der Waals surface area contributed by atoms with Gasteiger partial charge >= 0.3 is 0 Å². The first kappa shape index (κ1) is 25.8. The van der Waals surface area contributed by atoms with Gasteiger partial charge in [0.15, 0.2) is 0 Å². The van der Waals surface area contributed by atoms with E-state index in [4.69, 9.17) is 14.7 Å². The molecule has 3 aromatic carbocycles. The standard InChI is InChI=1S/C32H33FN6O/c1-19(2)34-32-35-20(3)27(15-22-5-9-26(33)10-6-22)31(38-32)39-13-14-40-30-12-8-23(16-25(30)18-39)24-7-11-28-29(17-24)37-21(4)36-28/h5-12,16-17,19H,13-15,18H2,1-4H3,(H,36,37)(H,34,35,38). The summed E-state index contributed by atoms with van der Waals surface area (Å²) in [6.07, 6.45) is 0.608. The summed E-state index contributed by atoms with van der Waals surface area (Å²) < 4.78 is 19.8. The highest BCUT2D eigenvalue weighted by molar-refractivity contribution is 5.82. The summed E-state index contributed by atoms with van der Waals surface area (Å²) in [4.78, 5) is 19.9. The average Bonchev–Trinajstić information content (AvgIpc) is 3.16. The molecule has 7 nitrogen and oxygen atoms in total. The summed E-state index contributed by atoms with van der Waals surface area (Å²) >= 11 is 0. The van der Waals surface area contributed by atoms with Gasteiger partial charge in [-0.1, -0.05) is 24.3 Å². The lowest BCUT2D eigenvalue weighted by atomic mass is 10.0. The zero-order chi connectivity index (χ0) is 27.8. The van der Waals surface area contributed by atoms with Crippen LogP contribution >= 0.6 is 0 Å². The number of halogens is 1. The highest BCUT2D eigenvalue weighted by Gasteiger charge is 2.23. The Morgan fingerprint density at radius 3 is 2.55 bits per heavy atom. The molecule has 1 aliphatic heterocycles. The average molecular weight is 537 g/mol. The van der Waals surface area contributed by atoms with Crippen molar-refractivity contribution in [3.05, 3.63) is 94.7 Å². The summed E-state index contributed by atoms with van der Waals surface area (Å²) in [5, 5.41) is 3.37. The third kappa shape index (κ3) is 5.34. The molecule has 0 bridgehead atoms. The monoisotopic (exact) mass is 536 g/mol. The van der Waals surface area contributed by atoms with E-state index in [1.807, 2.05) is 26.0 Å². The lowest BCUT2D eigenvalue weighted by molar-refractivity contribution is 0.331. The molecule has 6 rings (SSSR count). The van der Waals surface area contributed by atoms with E-state index in [1.165, 1.54) is 12.1 Å². The van der Waals surface area contributed by atoms with Crippen LogP contribution in [0.1, 0.15) is 42.1 Å². The molecule has 3 heterocycles. The first-order valence-electron chi connectivity index (χ1n) is 13.7. The van der Waals surface area contributed by atoms with Crippen LogP contribution < -0.4 is 15.0 Å². The van der Waals surface area contributed by atoms with Crippen molar-refractivity contribution in [1.29, 1.82) is 0 Å². The lowest BCUT2D eigenvalue weighted by Crippen LogP contribution is -2.28. The summed E-state index contributed by atoms with van der Waals surface area (Å²) in [6.45, 7) is 9.99. The fourth-order valence-corrected chi connectivity index (χ4v) is 5.25. The zero-order valence-corrected chi connectivity index (χ0v) is 23.3. The van der Waals surface area contributed by atoms with Gasteiger partial charge in [0.05, 0.1) is 17.6 Å². The predicted molar refractivity (Wildman–Crippen MR) is 158 cm³/mol. The lowest BCUT2D eigenvalue weighted by Gasteiger charge is -2.26. The zero-order valence-electron chi connectivity index (χ0n) is 23.3.